The summed E-state index contributed by atoms with van der Waals surface area (Å²) in [5.41, 5.74) is -0.409. The molecular formula is C18H20F3NO4S. The molecule has 0 aliphatic carbocycles. The number of methoxy groups -OCH3 is 1. The molecule has 148 valence electrons. The van der Waals surface area contributed by atoms with Crippen molar-refractivity contribution in [3.05, 3.63) is 53.6 Å². The highest BCUT2D eigenvalue weighted by molar-refractivity contribution is 7.89. The molecule has 0 saturated carbocycles. The van der Waals surface area contributed by atoms with E-state index in [2.05, 4.69) is 0 Å². The summed E-state index contributed by atoms with van der Waals surface area (Å²) in [7, 11) is -1.33. The standard InChI is InChI=1S/C18H20F3NO4S/c1-4-26-16-9-8-13(10-17(16)25-3)12-22(2)27(23,24)15-7-5-6-14(11-15)18(19,20)21/h5-11H,4,12H2,1-3H3. The lowest BCUT2D eigenvalue weighted by molar-refractivity contribution is -0.137. The molecule has 0 aromatic heterocycles. The van der Waals surface area contributed by atoms with Crippen LogP contribution in [0.4, 0.5) is 13.2 Å². The Kier molecular flexibility index (Phi) is 6.38. The lowest BCUT2D eigenvalue weighted by Gasteiger charge is -2.19. The monoisotopic (exact) mass is 403 g/mol. The lowest BCUT2D eigenvalue weighted by Crippen LogP contribution is -2.26. The molecule has 0 radical (unpaired) electrons. The van der Waals surface area contributed by atoms with E-state index in [0.717, 1.165) is 22.5 Å². The van der Waals surface area contributed by atoms with Gasteiger partial charge in [0, 0.05) is 13.6 Å². The number of ether oxygens (including phenoxy) is 2. The second-order valence-electron chi connectivity index (χ2n) is 5.70. The number of hydrogen-bond acceptors (Lipinski definition) is 4. The topological polar surface area (TPSA) is 55.8 Å². The SMILES string of the molecule is CCOc1ccc(CN(C)S(=O)(=O)c2cccc(C(F)(F)F)c2)cc1OC. The van der Waals surface area contributed by atoms with Crippen molar-refractivity contribution in [2.45, 2.75) is 24.5 Å². The zero-order chi connectivity index (χ0) is 20.2. The number of sulfonamides is 1. The Bertz CT molecular complexity index is 898. The molecule has 2 aromatic rings. The van der Waals surface area contributed by atoms with Gasteiger partial charge in [-0.25, -0.2) is 8.42 Å². The molecule has 0 aliphatic rings. The largest absolute Gasteiger partial charge is 0.493 e. The summed E-state index contributed by atoms with van der Waals surface area (Å²) in [5.74, 6) is 0.964. The Hall–Kier alpha value is -2.26. The van der Waals surface area contributed by atoms with Gasteiger partial charge in [-0.1, -0.05) is 12.1 Å². The Morgan fingerprint density at radius 2 is 1.78 bits per heavy atom. The maximum absolute atomic E-state index is 12.9. The molecule has 5 nitrogen and oxygen atoms in total. The van der Waals surface area contributed by atoms with Crippen LogP contribution in [0, 0.1) is 0 Å². The minimum Gasteiger partial charge on any atom is -0.493 e. The summed E-state index contributed by atoms with van der Waals surface area (Å²) < 4.78 is 75.5. The van der Waals surface area contributed by atoms with E-state index in [0.29, 0.717) is 29.7 Å². The van der Waals surface area contributed by atoms with E-state index in [9.17, 15) is 21.6 Å². The van der Waals surface area contributed by atoms with Gasteiger partial charge in [-0.3, -0.25) is 0 Å². The zero-order valence-corrected chi connectivity index (χ0v) is 15.9. The molecule has 9 heteroatoms. The summed E-state index contributed by atoms with van der Waals surface area (Å²) in [5, 5.41) is 0. The molecule has 0 aliphatic heterocycles. The van der Waals surface area contributed by atoms with Crippen molar-refractivity contribution in [3.63, 3.8) is 0 Å². The van der Waals surface area contributed by atoms with Crippen LogP contribution in [0.1, 0.15) is 18.1 Å². The van der Waals surface area contributed by atoms with E-state index in [1.54, 1.807) is 18.2 Å². The normalized spacial score (nSPS) is 12.3. The molecule has 27 heavy (non-hydrogen) atoms. The van der Waals surface area contributed by atoms with Crippen molar-refractivity contribution >= 4 is 10.0 Å². The van der Waals surface area contributed by atoms with Crippen LogP contribution in [-0.2, 0) is 22.7 Å². The first-order valence-electron chi connectivity index (χ1n) is 8.03. The molecule has 0 saturated heterocycles. The molecule has 0 N–H and O–H groups in total. The summed E-state index contributed by atoms with van der Waals surface area (Å²) in [4.78, 5) is -0.419. The third-order valence-electron chi connectivity index (χ3n) is 3.80. The van der Waals surface area contributed by atoms with Gasteiger partial charge in [0.25, 0.3) is 0 Å². The molecule has 0 fully saturated rings. The minimum atomic E-state index is -4.62. The van der Waals surface area contributed by atoms with Crippen LogP contribution in [0.3, 0.4) is 0 Å². The van der Waals surface area contributed by atoms with E-state index in [1.165, 1.54) is 14.2 Å². The van der Waals surface area contributed by atoms with Gasteiger partial charge in [0.1, 0.15) is 0 Å². The Morgan fingerprint density at radius 3 is 2.37 bits per heavy atom. The number of benzene rings is 2. The van der Waals surface area contributed by atoms with Gasteiger partial charge in [0.2, 0.25) is 10.0 Å². The highest BCUT2D eigenvalue weighted by atomic mass is 32.2. The predicted molar refractivity (Wildman–Crippen MR) is 94.3 cm³/mol. The summed E-state index contributed by atoms with van der Waals surface area (Å²) in [6, 6.07) is 8.63. The van der Waals surface area contributed by atoms with Crippen molar-refractivity contribution in [2.24, 2.45) is 0 Å². The molecular weight excluding hydrogens is 383 g/mol. The average Bonchev–Trinajstić information content (AvgIpc) is 2.62. The number of rotatable bonds is 7. The first-order valence-corrected chi connectivity index (χ1v) is 9.47. The van der Waals surface area contributed by atoms with Crippen LogP contribution >= 0.6 is 0 Å². The maximum Gasteiger partial charge on any atom is 0.416 e. The van der Waals surface area contributed by atoms with Gasteiger partial charge in [-0.15, -0.1) is 0 Å². The highest BCUT2D eigenvalue weighted by Gasteiger charge is 2.32. The van der Waals surface area contributed by atoms with Crippen molar-refractivity contribution in [3.8, 4) is 11.5 Å². The quantitative estimate of drug-likeness (QED) is 0.703. The Labute approximate surface area is 156 Å². The third-order valence-corrected chi connectivity index (χ3v) is 5.60. The lowest BCUT2D eigenvalue weighted by atomic mass is 10.2. The second-order valence-corrected chi connectivity index (χ2v) is 7.75. The maximum atomic E-state index is 12.9. The van der Waals surface area contributed by atoms with Crippen LogP contribution in [0.25, 0.3) is 0 Å². The van der Waals surface area contributed by atoms with E-state index in [1.807, 2.05) is 6.92 Å². The molecule has 0 amide bonds. The van der Waals surface area contributed by atoms with Gasteiger partial charge < -0.3 is 9.47 Å². The fourth-order valence-electron chi connectivity index (χ4n) is 2.44. The van der Waals surface area contributed by atoms with Crippen LogP contribution in [0.5, 0.6) is 11.5 Å². The molecule has 0 atom stereocenters. The van der Waals surface area contributed by atoms with Crippen LogP contribution in [-0.4, -0.2) is 33.5 Å². The molecule has 0 unspecified atom stereocenters. The predicted octanol–water partition coefficient (Wildman–Crippen LogP) is 3.93. The average molecular weight is 403 g/mol. The summed E-state index contributed by atoms with van der Waals surface area (Å²) in [6.45, 7) is 2.23. The molecule has 2 aromatic carbocycles. The van der Waals surface area contributed by atoms with E-state index < -0.39 is 26.7 Å². The minimum absolute atomic E-state index is 0.0403. The number of alkyl halides is 3. The van der Waals surface area contributed by atoms with Crippen molar-refractivity contribution in [1.82, 2.24) is 4.31 Å². The third kappa shape index (κ3) is 4.92. The fourth-order valence-corrected chi connectivity index (χ4v) is 3.65. The van der Waals surface area contributed by atoms with Crippen LogP contribution in [0.2, 0.25) is 0 Å². The molecule has 0 heterocycles. The highest BCUT2D eigenvalue weighted by Crippen LogP contribution is 2.32. The zero-order valence-electron chi connectivity index (χ0n) is 15.1. The smallest absolute Gasteiger partial charge is 0.416 e. The van der Waals surface area contributed by atoms with Crippen molar-refractivity contribution in [1.29, 1.82) is 0 Å². The van der Waals surface area contributed by atoms with E-state index >= 15 is 0 Å². The van der Waals surface area contributed by atoms with Gasteiger partial charge >= 0.3 is 6.18 Å². The van der Waals surface area contributed by atoms with Crippen molar-refractivity contribution < 1.29 is 31.1 Å². The number of halogens is 3. The first-order chi connectivity index (χ1) is 12.6. The van der Waals surface area contributed by atoms with Crippen molar-refractivity contribution in [2.75, 3.05) is 20.8 Å². The van der Waals surface area contributed by atoms with Gasteiger partial charge in [0.15, 0.2) is 11.5 Å². The van der Waals surface area contributed by atoms with Gasteiger partial charge in [-0.2, -0.15) is 17.5 Å². The second kappa shape index (κ2) is 8.18. The number of hydrogen-bond donors (Lipinski definition) is 0. The Balaban J connectivity index is 2.28. The first kappa shape index (κ1) is 21.0. The van der Waals surface area contributed by atoms with E-state index in [4.69, 9.17) is 9.47 Å². The Morgan fingerprint density at radius 1 is 1.07 bits per heavy atom. The van der Waals surface area contributed by atoms with E-state index in [-0.39, 0.29) is 6.54 Å². The number of nitrogens with zero attached hydrogens (tertiary/aromatic N) is 1. The van der Waals surface area contributed by atoms with Gasteiger partial charge in [-0.05, 0) is 42.8 Å². The molecule has 0 spiro atoms. The van der Waals surface area contributed by atoms with Gasteiger partial charge in [0.05, 0.1) is 24.2 Å². The van der Waals surface area contributed by atoms with Crippen LogP contribution < -0.4 is 9.47 Å². The molecule has 0 bridgehead atoms. The van der Waals surface area contributed by atoms with Crippen LogP contribution in [0.15, 0.2) is 47.4 Å². The summed E-state index contributed by atoms with van der Waals surface area (Å²) >= 11 is 0. The summed E-state index contributed by atoms with van der Waals surface area (Å²) in [6.07, 6.45) is -4.62. The molecule has 2 rings (SSSR count). The fraction of sp³-hybridized carbons (Fsp3) is 0.333.